The van der Waals surface area contributed by atoms with Crippen LogP contribution in [-0.4, -0.2) is 31.4 Å². The van der Waals surface area contributed by atoms with Gasteiger partial charge in [-0.05, 0) is 12.1 Å². The maximum atomic E-state index is 13.3. The summed E-state index contributed by atoms with van der Waals surface area (Å²) >= 11 is 11.8. The molecule has 0 unspecified atom stereocenters. The topological polar surface area (TPSA) is 62.1 Å². The number of nitrogens with one attached hydrogen (secondary N) is 1. The van der Waals surface area contributed by atoms with E-state index in [2.05, 4.69) is 5.32 Å². The number of nitrogens with zero attached hydrogens (tertiary/aromatic N) is 1. The minimum Gasteiger partial charge on any atom is -0.477 e. The lowest BCUT2D eigenvalue weighted by Gasteiger charge is -2.32. The zero-order valence-corrected chi connectivity index (χ0v) is 13.3. The molecule has 1 amide bonds. The number of hydrogen-bond donors (Lipinski definition) is 1. The summed E-state index contributed by atoms with van der Waals surface area (Å²) < 4.78 is 32.0. The standard InChI is InChI=1S/C15H12Cl2F2N2O2/c16-11-4-9-10(14(22)21-3-1-2-20)6-15(7-18,8-19)23-13(9)5-12(11)17/h4-6H,1,3,7-8H2,(H,21,22). The maximum Gasteiger partial charge on any atom is 0.251 e. The Bertz CT molecular complexity index is 697. The van der Waals surface area contributed by atoms with Gasteiger partial charge >= 0.3 is 0 Å². The highest BCUT2D eigenvalue weighted by molar-refractivity contribution is 6.42. The number of carbonyl (C=O) groups excluding carboxylic acids is 1. The first-order chi connectivity index (χ1) is 11.0. The van der Waals surface area contributed by atoms with Gasteiger partial charge < -0.3 is 10.1 Å². The number of rotatable bonds is 5. The molecular formula is C15H12Cl2F2N2O2. The molecule has 2 rings (SSSR count). The van der Waals surface area contributed by atoms with Crippen LogP contribution in [0.2, 0.25) is 10.0 Å². The molecule has 1 aromatic rings. The molecule has 0 saturated carbocycles. The average molecular weight is 361 g/mol. The van der Waals surface area contributed by atoms with Gasteiger partial charge in [0.2, 0.25) is 0 Å². The van der Waals surface area contributed by atoms with Gasteiger partial charge in [-0.3, -0.25) is 4.79 Å². The number of nitriles is 1. The number of amides is 1. The number of benzene rings is 1. The van der Waals surface area contributed by atoms with Crippen LogP contribution in [0, 0.1) is 11.3 Å². The normalized spacial score (nSPS) is 15.0. The van der Waals surface area contributed by atoms with E-state index in [0.717, 1.165) is 6.08 Å². The van der Waals surface area contributed by atoms with Crippen molar-refractivity contribution in [1.29, 1.82) is 5.26 Å². The monoisotopic (exact) mass is 360 g/mol. The molecule has 1 heterocycles. The molecule has 1 N–H and O–H groups in total. The lowest BCUT2D eigenvalue weighted by Crippen LogP contribution is -2.42. The van der Waals surface area contributed by atoms with E-state index in [1.807, 2.05) is 6.07 Å². The quantitative estimate of drug-likeness (QED) is 0.817. The van der Waals surface area contributed by atoms with Gasteiger partial charge in [-0.15, -0.1) is 0 Å². The summed E-state index contributed by atoms with van der Waals surface area (Å²) in [5, 5.41) is 11.3. The molecule has 0 saturated heterocycles. The van der Waals surface area contributed by atoms with E-state index in [1.165, 1.54) is 12.1 Å². The molecule has 122 valence electrons. The van der Waals surface area contributed by atoms with Crippen molar-refractivity contribution in [2.75, 3.05) is 19.9 Å². The molecule has 1 aliphatic rings. The number of alkyl halides is 2. The summed E-state index contributed by atoms with van der Waals surface area (Å²) in [5.74, 6) is -0.503. The fraction of sp³-hybridized carbons (Fsp3) is 0.333. The van der Waals surface area contributed by atoms with Gasteiger partial charge in [0.25, 0.3) is 5.91 Å². The van der Waals surface area contributed by atoms with Crippen molar-refractivity contribution >= 4 is 34.7 Å². The number of halogens is 4. The highest BCUT2D eigenvalue weighted by Gasteiger charge is 2.38. The van der Waals surface area contributed by atoms with Crippen LogP contribution >= 0.6 is 23.2 Å². The molecule has 0 fully saturated rings. The second-order valence-electron chi connectivity index (χ2n) is 4.92. The van der Waals surface area contributed by atoms with Crippen LogP contribution < -0.4 is 10.1 Å². The second-order valence-corrected chi connectivity index (χ2v) is 5.73. The first-order valence-electron chi connectivity index (χ1n) is 6.64. The summed E-state index contributed by atoms with van der Waals surface area (Å²) in [5.41, 5.74) is -1.57. The van der Waals surface area contributed by atoms with E-state index >= 15 is 0 Å². The van der Waals surface area contributed by atoms with Crippen LogP contribution in [-0.2, 0) is 4.79 Å². The molecule has 1 aromatic carbocycles. The van der Waals surface area contributed by atoms with Crippen LogP contribution in [0.15, 0.2) is 18.2 Å². The fourth-order valence-corrected chi connectivity index (χ4v) is 2.41. The van der Waals surface area contributed by atoms with Crippen molar-refractivity contribution in [3.05, 3.63) is 33.8 Å². The maximum absolute atomic E-state index is 13.3. The third kappa shape index (κ3) is 3.57. The molecule has 0 spiro atoms. The van der Waals surface area contributed by atoms with Crippen molar-refractivity contribution in [3.63, 3.8) is 0 Å². The number of fused-ring (bicyclic) bond motifs is 1. The Balaban J connectivity index is 2.47. The zero-order chi connectivity index (χ0) is 17.0. The fourth-order valence-electron chi connectivity index (χ4n) is 2.10. The van der Waals surface area contributed by atoms with Gasteiger partial charge in [-0.25, -0.2) is 8.78 Å². The first kappa shape index (κ1) is 17.5. The van der Waals surface area contributed by atoms with Gasteiger partial charge in [-0.2, -0.15) is 5.26 Å². The summed E-state index contributed by atoms with van der Waals surface area (Å²) in [4.78, 5) is 12.3. The predicted octanol–water partition coefficient (Wildman–Crippen LogP) is 3.48. The summed E-state index contributed by atoms with van der Waals surface area (Å²) in [6, 6.07) is 4.60. The van der Waals surface area contributed by atoms with Gasteiger partial charge in [0.05, 0.1) is 28.1 Å². The van der Waals surface area contributed by atoms with Crippen molar-refractivity contribution in [2.45, 2.75) is 12.0 Å². The average Bonchev–Trinajstić information content (AvgIpc) is 2.55. The van der Waals surface area contributed by atoms with Gasteiger partial charge in [0.1, 0.15) is 19.1 Å². The molecule has 0 bridgehead atoms. The number of hydrogen-bond acceptors (Lipinski definition) is 3. The van der Waals surface area contributed by atoms with E-state index in [4.69, 9.17) is 33.2 Å². The largest absolute Gasteiger partial charge is 0.477 e. The van der Waals surface area contributed by atoms with E-state index in [9.17, 15) is 13.6 Å². The van der Waals surface area contributed by atoms with E-state index < -0.39 is 24.9 Å². The Labute approximate surface area is 141 Å². The lowest BCUT2D eigenvalue weighted by atomic mass is 9.93. The Morgan fingerprint density at radius 3 is 2.57 bits per heavy atom. The zero-order valence-electron chi connectivity index (χ0n) is 11.8. The van der Waals surface area contributed by atoms with Crippen molar-refractivity contribution < 1.29 is 18.3 Å². The van der Waals surface area contributed by atoms with E-state index in [0.29, 0.717) is 0 Å². The highest BCUT2D eigenvalue weighted by Crippen LogP contribution is 2.41. The SMILES string of the molecule is N#CCCNC(=O)C1=CC(CF)(CF)Oc2cc(Cl)c(Cl)cc21. The molecular weight excluding hydrogens is 349 g/mol. The molecule has 0 atom stereocenters. The van der Waals surface area contributed by atoms with E-state index in [1.54, 1.807) is 0 Å². The minimum absolute atomic E-state index is 0.0260. The Morgan fingerprint density at radius 1 is 1.30 bits per heavy atom. The van der Waals surface area contributed by atoms with Gasteiger partial charge in [0.15, 0.2) is 5.60 Å². The first-order valence-corrected chi connectivity index (χ1v) is 7.40. The third-order valence-corrected chi connectivity index (χ3v) is 3.97. The van der Waals surface area contributed by atoms with Crippen LogP contribution in [0.25, 0.3) is 5.57 Å². The van der Waals surface area contributed by atoms with Crippen LogP contribution in [0.3, 0.4) is 0 Å². The lowest BCUT2D eigenvalue weighted by molar-refractivity contribution is -0.115. The Kier molecular flexibility index (Phi) is 5.45. The van der Waals surface area contributed by atoms with Crippen LogP contribution in [0.5, 0.6) is 5.75 Å². The van der Waals surface area contributed by atoms with Crippen LogP contribution in [0.1, 0.15) is 12.0 Å². The molecule has 0 aliphatic carbocycles. The van der Waals surface area contributed by atoms with Crippen molar-refractivity contribution in [3.8, 4) is 11.8 Å². The number of ether oxygens (including phenoxy) is 1. The van der Waals surface area contributed by atoms with Crippen LogP contribution in [0.4, 0.5) is 8.78 Å². The molecule has 8 heteroatoms. The smallest absolute Gasteiger partial charge is 0.251 e. The summed E-state index contributed by atoms with van der Waals surface area (Å²) in [7, 11) is 0. The Hall–Kier alpha value is -1.84. The highest BCUT2D eigenvalue weighted by atomic mass is 35.5. The molecule has 0 aromatic heterocycles. The second kappa shape index (κ2) is 7.16. The molecule has 23 heavy (non-hydrogen) atoms. The minimum atomic E-state index is -1.88. The Morgan fingerprint density at radius 2 is 1.96 bits per heavy atom. The summed E-state index contributed by atoms with van der Waals surface area (Å²) in [6.07, 6.45) is 1.21. The summed E-state index contributed by atoms with van der Waals surface area (Å²) in [6.45, 7) is -2.20. The third-order valence-electron chi connectivity index (χ3n) is 3.25. The molecule has 4 nitrogen and oxygen atoms in total. The van der Waals surface area contributed by atoms with Crippen molar-refractivity contribution in [1.82, 2.24) is 5.32 Å². The van der Waals surface area contributed by atoms with Gasteiger partial charge in [0, 0.05) is 18.2 Å². The predicted molar refractivity (Wildman–Crippen MR) is 83.0 cm³/mol. The van der Waals surface area contributed by atoms with E-state index in [-0.39, 0.29) is 39.9 Å². The van der Waals surface area contributed by atoms with Crippen molar-refractivity contribution in [2.24, 2.45) is 0 Å². The number of carbonyl (C=O) groups is 1. The molecule has 1 aliphatic heterocycles. The molecule has 0 radical (unpaired) electrons. The van der Waals surface area contributed by atoms with Gasteiger partial charge in [-0.1, -0.05) is 23.2 Å².